The van der Waals surface area contributed by atoms with Gasteiger partial charge in [-0.2, -0.15) is 0 Å². The molecule has 2 saturated heterocycles. The summed E-state index contributed by atoms with van der Waals surface area (Å²) in [6.07, 6.45) is 3.27. The topological polar surface area (TPSA) is 132 Å². The fourth-order valence-corrected chi connectivity index (χ4v) is 8.38. The molecule has 12 heteroatoms. The van der Waals surface area contributed by atoms with Crippen LogP contribution in [0.2, 0.25) is 0 Å². The van der Waals surface area contributed by atoms with Gasteiger partial charge in [0.1, 0.15) is 11.6 Å². The molecule has 0 aromatic heterocycles. The van der Waals surface area contributed by atoms with Crippen molar-refractivity contribution in [1.29, 1.82) is 0 Å². The number of benzene rings is 2. The predicted molar refractivity (Wildman–Crippen MR) is 158 cm³/mol. The number of carbonyl (C=O) groups is 5. The molecular formula is C32H29Cl2FN2O7. The Labute approximate surface area is 262 Å². The number of imide groups is 2. The molecular weight excluding hydrogens is 614 g/mol. The van der Waals surface area contributed by atoms with Gasteiger partial charge in [-0.3, -0.25) is 28.9 Å². The number of allylic oxidation sites excluding steroid dienone is 2. The van der Waals surface area contributed by atoms with Gasteiger partial charge in [-0.05, 0) is 73.6 Å². The molecule has 6 rings (SSSR count). The van der Waals surface area contributed by atoms with Crippen LogP contribution in [0.5, 0.6) is 5.75 Å². The number of likely N-dealkylation sites (tertiary alicyclic amines) is 1. The molecule has 0 unspecified atom stereocenters. The highest BCUT2D eigenvalue weighted by Gasteiger charge is 2.76. The van der Waals surface area contributed by atoms with E-state index >= 15 is 0 Å². The Morgan fingerprint density at radius 2 is 1.59 bits per heavy atom. The van der Waals surface area contributed by atoms with E-state index < -0.39 is 62.9 Å². The number of phenolic OH excluding ortho intramolecular Hbond substituents is 1. The lowest BCUT2D eigenvalue weighted by Crippen LogP contribution is -2.60. The molecule has 2 aliphatic carbocycles. The summed E-state index contributed by atoms with van der Waals surface area (Å²) in [6.45, 7) is 0.148. The van der Waals surface area contributed by atoms with Gasteiger partial charge in [-0.1, -0.05) is 30.2 Å². The van der Waals surface area contributed by atoms with Crippen molar-refractivity contribution in [2.45, 2.75) is 54.2 Å². The lowest BCUT2D eigenvalue weighted by molar-refractivity contribution is -0.141. The molecule has 0 radical (unpaired) electrons. The fourth-order valence-electron chi connectivity index (χ4n) is 7.45. The van der Waals surface area contributed by atoms with Crippen LogP contribution in [0.25, 0.3) is 0 Å². The van der Waals surface area contributed by atoms with Crippen molar-refractivity contribution in [3.63, 3.8) is 0 Å². The number of alkyl halides is 2. The van der Waals surface area contributed by atoms with Gasteiger partial charge >= 0.3 is 5.97 Å². The van der Waals surface area contributed by atoms with E-state index in [-0.39, 0.29) is 43.2 Å². The number of unbranched alkanes of at least 4 members (excludes halogenated alkanes) is 2. The molecule has 2 N–H and O–H groups in total. The van der Waals surface area contributed by atoms with E-state index in [1.807, 2.05) is 6.08 Å². The number of nitrogens with zero attached hydrogens (tertiary/aromatic N) is 2. The molecule has 9 nitrogen and oxygen atoms in total. The van der Waals surface area contributed by atoms with Crippen LogP contribution in [-0.2, 0) is 24.0 Å². The highest BCUT2D eigenvalue weighted by molar-refractivity contribution is 6.58. The first-order valence-corrected chi connectivity index (χ1v) is 15.2. The van der Waals surface area contributed by atoms with Crippen molar-refractivity contribution in [3.8, 4) is 5.75 Å². The average Bonchev–Trinajstić information content (AvgIpc) is 3.31. The molecule has 0 bridgehead atoms. The highest BCUT2D eigenvalue weighted by Crippen LogP contribution is 2.65. The third kappa shape index (κ3) is 4.44. The quantitative estimate of drug-likeness (QED) is 0.184. The molecule has 3 fully saturated rings. The molecule has 4 amide bonds. The summed E-state index contributed by atoms with van der Waals surface area (Å²) in [5.41, 5.74) is 1.21. The molecule has 230 valence electrons. The zero-order valence-corrected chi connectivity index (χ0v) is 24.9. The summed E-state index contributed by atoms with van der Waals surface area (Å²) >= 11 is 14.6. The number of carboxylic acids is 1. The fraction of sp³-hybridized carbons (Fsp3) is 0.406. The number of amides is 4. The number of carboxylic acid groups (broad SMARTS) is 1. The van der Waals surface area contributed by atoms with Crippen molar-refractivity contribution in [2.75, 3.05) is 11.4 Å². The van der Waals surface area contributed by atoms with E-state index in [0.717, 1.165) is 17.0 Å². The number of aromatic hydroxyl groups is 1. The molecule has 0 spiro atoms. The first-order chi connectivity index (χ1) is 20.9. The maximum absolute atomic E-state index is 14.2. The second-order valence-electron chi connectivity index (χ2n) is 11.9. The highest BCUT2D eigenvalue weighted by atomic mass is 35.5. The van der Waals surface area contributed by atoms with Gasteiger partial charge in [-0.15, -0.1) is 23.2 Å². The normalized spacial score (nSPS) is 31.1. The number of rotatable bonds is 8. The molecule has 2 heterocycles. The second kappa shape index (κ2) is 11.0. The van der Waals surface area contributed by atoms with Crippen molar-refractivity contribution < 1.29 is 38.6 Å². The molecule has 2 aromatic carbocycles. The second-order valence-corrected chi connectivity index (χ2v) is 13.1. The van der Waals surface area contributed by atoms with E-state index in [4.69, 9.17) is 28.3 Å². The lowest BCUT2D eigenvalue weighted by atomic mass is 9.56. The minimum Gasteiger partial charge on any atom is -0.508 e. The maximum atomic E-state index is 14.2. The van der Waals surface area contributed by atoms with E-state index in [0.29, 0.717) is 30.4 Å². The van der Waals surface area contributed by atoms with Crippen molar-refractivity contribution in [2.24, 2.45) is 17.8 Å². The number of aliphatic carboxylic acids is 1. The van der Waals surface area contributed by atoms with Gasteiger partial charge in [0.15, 0.2) is 9.75 Å². The first-order valence-electron chi connectivity index (χ1n) is 14.5. The first kappa shape index (κ1) is 30.3. The van der Waals surface area contributed by atoms with Crippen molar-refractivity contribution in [3.05, 3.63) is 71.6 Å². The van der Waals surface area contributed by atoms with Crippen LogP contribution >= 0.6 is 23.2 Å². The molecule has 4 aliphatic rings. The zero-order chi connectivity index (χ0) is 31.6. The van der Waals surface area contributed by atoms with Gasteiger partial charge in [0, 0.05) is 18.9 Å². The molecule has 6 atom stereocenters. The third-order valence-corrected chi connectivity index (χ3v) is 10.9. The van der Waals surface area contributed by atoms with Crippen LogP contribution in [0.1, 0.15) is 50.0 Å². The van der Waals surface area contributed by atoms with Crippen LogP contribution < -0.4 is 4.90 Å². The van der Waals surface area contributed by atoms with Gasteiger partial charge in [0.05, 0.1) is 17.5 Å². The number of halogens is 3. The van der Waals surface area contributed by atoms with Gasteiger partial charge < -0.3 is 10.2 Å². The minimum absolute atomic E-state index is 0.000809. The van der Waals surface area contributed by atoms with E-state index in [2.05, 4.69) is 0 Å². The largest absolute Gasteiger partial charge is 0.508 e. The Kier molecular flexibility index (Phi) is 7.57. The van der Waals surface area contributed by atoms with Crippen molar-refractivity contribution in [1.82, 2.24) is 4.90 Å². The Morgan fingerprint density at radius 1 is 0.909 bits per heavy atom. The summed E-state index contributed by atoms with van der Waals surface area (Å²) in [4.78, 5) is 64.6. The number of hydrogen-bond acceptors (Lipinski definition) is 6. The smallest absolute Gasteiger partial charge is 0.303 e. The van der Waals surface area contributed by atoms with E-state index in [1.165, 1.54) is 29.2 Å². The Bertz CT molecular complexity index is 1600. The average molecular weight is 643 g/mol. The summed E-state index contributed by atoms with van der Waals surface area (Å²) in [6, 6.07) is 10.8. The lowest BCUT2D eigenvalue weighted by Gasteiger charge is -2.50. The van der Waals surface area contributed by atoms with Crippen LogP contribution in [-0.4, -0.2) is 61.0 Å². The molecule has 1 saturated carbocycles. The molecule has 2 aliphatic heterocycles. The number of anilines is 1. The summed E-state index contributed by atoms with van der Waals surface area (Å²) < 4.78 is 13.7. The summed E-state index contributed by atoms with van der Waals surface area (Å²) in [5, 5.41) is 18.9. The Morgan fingerprint density at radius 3 is 2.25 bits per heavy atom. The van der Waals surface area contributed by atoms with Crippen molar-refractivity contribution >= 4 is 58.5 Å². The third-order valence-electron chi connectivity index (χ3n) is 9.49. The summed E-state index contributed by atoms with van der Waals surface area (Å²) in [5.74, 6) is -7.03. The number of phenols is 1. The summed E-state index contributed by atoms with van der Waals surface area (Å²) in [7, 11) is 0. The minimum atomic E-state index is -2.04. The van der Waals surface area contributed by atoms with Gasteiger partial charge in [0.2, 0.25) is 11.8 Å². The molecule has 2 aromatic rings. The van der Waals surface area contributed by atoms with Crippen LogP contribution in [0.3, 0.4) is 0 Å². The zero-order valence-electron chi connectivity index (χ0n) is 23.4. The monoisotopic (exact) mass is 642 g/mol. The SMILES string of the molecule is O=C(O)CCCCCN1C(=O)[C@H]2[C@H](CC=C3[C@H]2C[C@@]2(Cl)C(=O)N(c4ccc(F)cc4)C(=O)[C@@]2(Cl)[C@H]3c2ccc(O)cc2)C1=O. The number of fused-ring (bicyclic) bond motifs is 4. The Balaban J connectivity index is 1.40. The van der Waals surface area contributed by atoms with Crippen LogP contribution in [0, 0.1) is 23.6 Å². The number of carbonyl (C=O) groups excluding carboxylic acids is 4. The van der Waals surface area contributed by atoms with Crippen LogP contribution in [0.15, 0.2) is 60.2 Å². The standard InChI is InChI=1S/C32H29Cl2FN2O7/c33-31-16-23-21(13-14-22-25(23)28(42)36(27(22)41)15-3-1-2-4-24(39)40)26(17-5-11-20(38)12-6-17)32(31,34)30(44)37(29(31)43)19-9-7-18(35)8-10-19/h5-13,22-23,25-26,38H,1-4,14-16H2,(H,39,40)/t22-,23+,25-,26-,31+,32-/m0/s1. The predicted octanol–water partition coefficient (Wildman–Crippen LogP) is 4.74. The Hall–Kier alpha value is -3.76. The molecule has 44 heavy (non-hydrogen) atoms. The van der Waals surface area contributed by atoms with Gasteiger partial charge in [-0.25, -0.2) is 9.29 Å². The van der Waals surface area contributed by atoms with Gasteiger partial charge in [0.25, 0.3) is 11.8 Å². The van der Waals surface area contributed by atoms with Crippen LogP contribution in [0.4, 0.5) is 10.1 Å². The van der Waals surface area contributed by atoms with E-state index in [9.17, 15) is 33.5 Å². The maximum Gasteiger partial charge on any atom is 0.303 e. The van der Waals surface area contributed by atoms with E-state index in [1.54, 1.807) is 12.1 Å². The number of hydrogen-bond donors (Lipinski definition) is 2.